The number of hydrogen-bond donors (Lipinski definition) is 0. The van der Waals surface area contributed by atoms with Gasteiger partial charge in [0.05, 0.1) is 0 Å². The van der Waals surface area contributed by atoms with Gasteiger partial charge in [-0.1, -0.05) is 6.07 Å². The van der Waals surface area contributed by atoms with E-state index in [0.29, 0.717) is 10.3 Å². The van der Waals surface area contributed by atoms with Crippen molar-refractivity contribution in [3.63, 3.8) is 0 Å². The summed E-state index contributed by atoms with van der Waals surface area (Å²) in [6.45, 7) is 1.95. The first kappa shape index (κ1) is 12.5. The Balaban J connectivity index is 1.93. The smallest absolute Gasteiger partial charge is 0.357 e. The lowest BCUT2D eigenvalue weighted by atomic mass is 10.1. The fourth-order valence-electron chi connectivity index (χ4n) is 1.84. The second kappa shape index (κ2) is 5.60. The van der Waals surface area contributed by atoms with Gasteiger partial charge in [-0.15, -0.1) is 0 Å². The third-order valence-corrected chi connectivity index (χ3v) is 3.31. The van der Waals surface area contributed by atoms with E-state index in [1.165, 1.54) is 0 Å². The summed E-state index contributed by atoms with van der Waals surface area (Å²) in [5.74, 6) is -0.333. The molecule has 1 fully saturated rings. The van der Waals surface area contributed by atoms with Crippen LogP contribution in [0.15, 0.2) is 22.8 Å². The van der Waals surface area contributed by atoms with Crippen molar-refractivity contribution in [2.75, 3.05) is 20.1 Å². The van der Waals surface area contributed by atoms with E-state index in [1.54, 1.807) is 18.2 Å². The highest BCUT2D eigenvalue weighted by Crippen LogP contribution is 2.14. The van der Waals surface area contributed by atoms with E-state index >= 15 is 0 Å². The molecule has 92 valence electrons. The van der Waals surface area contributed by atoms with Gasteiger partial charge < -0.3 is 9.64 Å². The van der Waals surface area contributed by atoms with Gasteiger partial charge >= 0.3 is 5.97 Å². The molecule has 17 heavy (non-hydrogen) atoms. The number of hydrogen-bond acceptors (Lipinski definition) is 4. The Hall–Kier alpha value is -0.940. The Labute approximate surface area is 109 Å². The van der Waals surface area contributed by atoms with Crippen LogP contribution < -0.4 is 0 Å². The lowest BCUT2D eigenvalue weighted by Crippen LogP contribution is -2.35. The summed E-state index contributed by atoms with van der Waals surface area (Å²) >= 11 is 3.24. The second-order valence-corrected chi connectivity index (χ2v) is 5.07. The quantitative estimate of drug-likeness (QED) is 0.619. The number of likely N-dealkylation sites (tertiary alicyclic amines) is 1. The zero-order chi connectivity index (χ0) is 12.3. The van der Waals surface area contributed by atoms with E-state index in [2.05, 4.69) is 32.9 Å². The van der Waals surface area contributed by atoms with Crippen LogP contribution in [0, 0.1) is 0 Å². The van der Waals surface area contributed by atoms with Gasteiger partial charge in [0, 0.05) is 13.1 Å². The average Bonchev–Trinajstić information content (AvgIpc) is 2.32. The molecule has 0 N–H and O–H groups in total. The van der Waals surface area contributed by atoms with Crippen LogP contribution in [0.4, 0.5) is 0 Å². The molecule has 2 heterocycles. The van der Waals surface area contributed by atoms with Crippen molar-refractivity contribution in [3.05, 3.63) is 28.5 Å². The highest BCUT2D eigenvalue weighted by Gasteiger charge is 2.21. The fraction of sp³-hybridized carbons (Fsp3) is 0.500. The van der Waals surface area contributed by atoms with E-state index in [1.807, 2.05) is 0 Å². The van der Waals surface area contributed by atoms with Gasteiger partial charge in [0.1, 0.15) is 16.4 Å². The van der Waals surface area contributed by atoms with Gasteiger partial charge in [0.15, 0.2) is 0 Å². The van der Waals surface area contributed by atoms with Gasteiger partial charge in [-0.2, -0.15) is 0 Å². The zero-order valence-electron chi connectivity index (χ0n) is 9.73. The van der Waals surface area contributed by atoms with E-state index in [0.717, 1.165) is 25.9 Å². The van der Waals surface area contributed by atoms with Crippen LogP contribution >= 0.6 is 15.9 Å². The number of rotatable bonds is 2. The van der Waals surface area contributed by atoms with Crippen LogP contribution in [0.5, 0.6) is 0 Å². The van der Waals surface area contributed by atoms with Crippen molar-refractivity contribution in [3.8, 4) is 0 Å². The van der Waals surface area contributed by atoms with E-state index in [4.69, 9.17) is 4.74 Å². The Morgan fingerprint density at radius 2 is 2.18 bits per heavy atom. The highest BCUT2D eigenvalue weighted by molar-refractivity contribution is 9.10. The number of ether oxygens (including phenoxy) is 1. The monoisotopic (exact) mass is 298 g/mol. The number of aromatic nitrogens is 1. The van der Waals surface area contributed by atoms with Crippen LogP contribution in [0.1, 0.15) is 23.3 Å². The average molecular weight is 299 g/mol. The minimum Gasteiger partial charge on any atom is -0.458 e. The number of carbonyl (C=O) groups excluding carboxylic acids is 1. The minimum absolute atomic E-state index is 0.0273. The molecule has 0 aromatic carbocycles. The SMILES string of the molecule is CN1CCC(OC(=O)c2cccc(Br)n2)CC1. The third-order valence-electron chi connectivity index (χ3n) is 2.86. The summed E-state index contributed by atoms with van der Waals surface area (Å²) in [6, 6.07) is 5.23. The molecule has 1 aromatic heterocycles. The van der Waals surface area contributed by atoms with Gasteiger partial charge in [0.2, 0.25) is 0 Å². The maximum Gasteiger partial charge on any atom is 0.357 e. The van der Waals surface area contributed by atoms with Crippen LogP contribution in [0.2, 0.25) is 0 Å². The summed E-state index contributed by atoms with van der Waals surface area (Å²) in [6.07, 6.45) is 1.83. The number of nitrogens with zero attached hydrogens (tertiary/aromatic N) is 2. The molecule has 0 unspecified atom stereocenters. The summed E-state index contributed by atoms with van der Waals surface area (Å²) in [4.78, 5) is 18.2. The van der Waals surface area contributed by atoms with Gasteiger partial charge in [-0.05, 0) is 48.0 Å². The molecule has 4 nitrogen and oxygen atoms in total. The molecule has 0 saturated carbocycles. The fourth-order valence-corrected chi connectivity index (χ4v) is 2.18. The summed E-state index contributed by atoms with van der Waals surface area (Å²) in [5.41, 5.74) is 0.360. The maximum absolute atomic E-state index is 11.8. The summed E-state index contributed by atoms with van der Waals surface area (Å²) in [5, 5.41) is 0. The van der Waals surface area contributed by atoms with Crippen molar-refractivity contribution in [1.29, 1.82) is 0 Å². The van der Waals surface area contributed by atoms with Crippen LogP contribution in [-0.2, 0) is 4.74 Å². The van der Waals surface area contributed by atoms with Crippen molar-refractivity contribution in [1.82, 2.24) is 9.88 Å². The number of pyridine rings is 1. The summed E-state index contributed by atoms with van der Waals surface area (Å²) in [7, 11) is 2.08. The third kappa shape index (κ3) is 3.51. The Morgan fingerprint density at radius 1 is 1.47 bits per heavy atom. The van der Waals surface area contributed by atoms with E-state index in [-0.39, 0.29) is 12.1 Å². The molecule has 1 aromatic rings. The topological polar surface area (TPSA) is 42.4 Å². The first-order valence-electron chi connectivity index (χ1n) is 5.67. The van der Waals surface area contributed by atoms with Crippen molar-refractivity contribution < 1.29 is 9.53 Å². The molecule has 0 spiro atoms. The first-order chi connectivity index (χ1) is 8.15. The predicted octanol–water partition coefficient (Wildman–Crippen LogP) is 2.10. The van der Waals surface area contributed by atoms with Crippen molar-refractivity contribution >= 4 is 21.9 Å². The van der Waals surface area contributed by atoms with Gasteiger partial charge in [-0.25, -0.2) is 9.78 Å². The van der Waals surface area contributed by atoms with Crippen LogP contribution in [0.3, 0.4) is 0 Å². The molecule has 5 heteroatoms. The summed E-state index contributed by atoms with van der Waals surface area (Å²) < 4.78 is 6.08. The van der Waals surface area contributed by atoms with Crippen molar-refractivity contribution in [2.45, 2.75) is 18.9 Å². The molecule has 0 atom stereocenters. The van der Waals surface area contributed by atoms with Crippen molar-refractivity contribution in [2.24, 2.45) is 0 Å². The Morgan fingerprint density at radius 3 is 2.82 bits per heavy atom. The molecule has 1 saturated heterocycles. The number of carbonyl (C=O) groups is 1. The molecule has 2 rings (SSSR count). The maximum atomic E-state index is 11.8. The van der Waals surface area contributed by atoms with Crippen LogP contribution in [0.25, 0.3) is 0 Å². The molecule has 0 radical (unpaired) electrons. The number of esters is 1. The molecule has 0 bridgehead atoms. The molecular formula is C12H15BrN2O2. The van der Waals surface area contributed by atoms with Crippen LogP contribution in [-0.4, -0.2) is 42.1 Å². The molecule has 0 aliphatic carbocycles. The molecule has 1 aliphatic rings. The largest absolute Gasteiger partial charge is 0.458 e. The van der Waals surface area contributed by atoms with E-state index < -0.39 is 0 Å². The Kier molecular flexibility index (Phi) is 4.12. The second-order valence-electron chi connectivity index (χ2n) is 4.25. The first-order valence-corrected chi connectivity index (χ1v) is 6.46. The lowest BCUT2D eigenvalue weighted by molar-refractivity contribution is 0.0133. The standard InChI is InChI=1S/C12H15BrN2O2/c1-15-7-5-9(6-8-15)17-12(16)10-3-2-4-11(13)14-10/h2-4,9H,5-8H2,1H3. The minimum atomic E-state index is -0.333. The Bertz CT molecular complexity index is 403. The lowest BCUT2D eigenvalue weighted by Gasteiger charge is -2.28. The number of halogens is 1. The molecule has 0 amide bonds. The highest BCUT2D eigenvalue weighted by atomic mass is 79.9. The zero-order valence-corrected chi connectivity index (χ0v) is 11.3. The molecular weight excluding hydrogens is 284 g/mol. The predicted molar refractivity (Wildman–Crippen MR) is 67.9 cm³/mol. The molecule has 1 aliphatic heterocycles. The van der Waals surface area contributed by atoms with E-state index in [9.17, 15) is 4.79 Å². The van der Waals surface area contributed by atoms with Gasteiger partial charge in [0.25, 0.3) is 0 Å². The number of piperidine rings is 1. The normalized spacial score (nSPS) is 18.0. The van der Waals surface area contributed by atoms with Gasteiger partial charge in [-0.3, -0.25) is 0 Å².